The lowest BCUT2D eigenvalue weighted by molar-refractivity contribution is 0.220. The highest BCUT2D eigenvalue weighted by Gasteiger charge is 2.15. The van der Waals surface area contributed by atoms with E-state index in [2.05, 4.69) is 10.2 Å². The molecular formula is C11H8Cl2N2O. The van der Waals surface area contributed by atoms with E-state index < -0.39 is 6.10 Å². The molecular weight excluding hydrogens is 247 g/mol. The SMILES string of the molecule is OC(c1ccccc1)c1cc(Cl)nnc1Cl. The number of benzene rings is 1. The van der Waals surface area contributed by atoms with Crippen molar-refractivity contribution in [2.45, 2.75) is 6.10 Å². The first-order valence-electron chi connectivity index (χ1n) is 4.60. The van der Waals surface area contributed by atoms with Crippen LogP contribution in [-0.4, -0.2) is 15.3 Å². The van der Waals surface area contributed by atoms with E-state index in [-0.39, 0.29) is 10.3 Å². The van der Waals surface area contributed by atoms with Crippen LogP contribution in [0.15, 0.2) is 36.4 Å². The molecule has 1 atom stereocenters. The van der Waals surface area contributed by atoms with Crippen LogP contribution >= 0.6 is 23.2 Å². The second-order valence-electron chi connectivity index (χ2n) is 3.23. The summed E-state index contributed by atoms with van der Waals surface area (Å²) in [5.41, 5.74) is 1.18. The third-order valence-corrected chi connectivity index (χ3v) is 2.63. The van der Waals surface area contributed by atoms with Gasteiger partial charge in [0.2, 0.25) is 0 Å². The third-order valence-electron chi connectivity index (χ3n) is 2.16. The number of aliphatic hydroxyl groups excluding tert-OH is 1. The zero-order chi connectivity index (χ0) is 11.5. The van der Waals surface area contributed by atoms with Gasteiger partial charge in [-0.15, -0.1) is 10.2 Å². The van der Waals surface area contributed by atoms with Gasteiger partial charge in [-0.25, -0.2) is 0 Å². The predicted octanol–water partition coefficient (Wildman–Crippen LogP) is 2.87. The number of halogens is 2. The van der Waals surface area contributed by atoms with Gasteiger partial charge in [0, 0.05) is 5.56 Å². The van der Waals surface area contributed by atoms with Gasteiger partial charge in [0.1, 0.15) is 6.10 Å². The van der Waals surface area contributed by atoms with E-state index in [1.165, 1.54) is 6.07 Å². The van der Waals surface area contributed by atoms with Crippen molar-refractivity contribution >= 4 is 23.2 Å². The van der Waals surface area contributed by atoms with E-state index in [9.17, 15) is 5.11 Å². The minimum Gasteiger partial charge on any atom is -0.384 e. The second kappa shape index (κ2) is 4.78. The van der Waals surface area contributed by atoms with E-state index in [0.717, 1.165) is 5.56 Å². The molecule has 5 heteroatoms. The Hall–Kier alpha value is -1.16. The summed E-state index contributed by atoms with van der Waals surface area (Å²) in [5.74, 6) is 0. The van der Waals surface area contributed by atoms with Gasteiger partial charge in [-0.05, 0) is 11.6 Å². The molecule has 2 aromatic rings. The van der Waals surface area contributed by atoms with Crippen molar-refractivity contribution in [2.24, 2.45) is 0 Å². The van der Waals surface area contributed by atoms with Crippen LogP contribution in [0.1, 0.15) is 17.2 Å². The van der Waals surface area contributed by atoms with Crippen LogP contribution in [0.2, 0.25) is 10.3 Å². The van der Waals surface area contributed by atoms with Gasteiger partial charge in [-0.3, -0.25) is 0 Å². The number of hydrogen-bond acceptors (Lipinski definition) is 3. The largest absolute Gasteiger partial charge is 0.384 e. The summed E-state index contributed by atoms with van der Waals surface area (Å²) >= 11 is 11.6. The maximum absolute atomic E-state index is 10.1. The van der Waals surface area contributed by atoms with Crippen molar-refractivity contribution < 1.29 is 5.11 Å². The zero-order valence-electron chi connectivity index (χ0n) is 8.14. The molecule has 1 N–H and O–H groups in total. The molecule has 0 radical (unpaired) electrons. The summed E-state index contributed by atoms with van der Waals surface area (Å²) < 4.78 is 0. The molecule has 0 bridgehead atoms. The Morgan fingerprint density at radius 3 is 2.44 bits per heavy atom. The maximum atomic E-state index is 10.1. The molecule has 2 rings (SSSR count). The van der Waals surface area contributed by atoms with Gasteiger partial charge in [0.15, 0.2) is 10.3 Å². The topological polar surface area (TPSA) is 46.0 Å². The first-order chi connectivity index (χ1) is 7.68. The van der Waals surface area contributed by atoms with E-state index in [4.69, 9.17) is 23.2 Å². The Labute approximate surface area is 103 Å². The molecule has 0 saturated heterocycles. The number of aromatic nitrogens is 2. The second-order valence-corrected chi connectivity index (χ2v) is 3.97. The van der Waals surface area contributed by atoms with Crippen molar-refractivity contribution in [1.29, 1.82) is 0 Å². The zero-order valence-corrected chi connectivity index (χ0v) is 9.65. The average molecular weight is 255 g/mol. The molecule has 0 amide bonds. The summed E-state index contributed by atoms with van der Waals surface area (Å²) in [5, 5.41) is 17.7. The summed E-state index contributed by atoms with van der Waals surface area (Å²) in [6, 6.07) is 10.7. The van der Waals surface area contributed by atoms with Crippen molar-refractivity contribution in [1.82, 2.24) is 10.2 Å². The molecule has 1 aromatic carbocycles. The molecule has 1 aromatic heterocycles. The fraction of sp³-hybridized carbons (Fsp3) is 0.0909. The molecule has 3 nitrogen and oxygen atoms in total. The highest BCUT2D eigenvalue weighted by Crippen LogP contribution is 2.27. The molecule has 1 heterocycles. The average Bonchev–Trinajstić information content (AvgIpc) is 2.32. The van der Waals surface area contributed by atoms with Crippen LogP contribution in [0, 0.1) is 0 Å². The number of rotatable bonds is 2. The highest BCUT2D eigenvalue weighted by molar-refractivity contribution is 6.31. The van der Waals surface area contributed by atoms with Crippen molar-refractivity contribution in [3.8, 4) is 0 Å². The van der Waals surface area contributed by atoms with Crippen molar-refractivity contribution in [3.05, 3.63) is 57.8 Å². The van der Waals surface area contributed by atoms with Crippen LogP contribution in [-0.2, 0) is 0 Å². The summed E-state index contributed by atoms with van der Waals surface area (Å²) in [4.78, 5) is 0. The molecule has 16 heavy (non-hydrogen) atoms. The van der Waals surface area contributed by atoms with E-state index in [0.29, 0.717) is 5.56 Å². The Balaban J connectivity index is 2.41. The standard InChI is InChI=1S/C11H8Cl2N2O/c12-9-6-8(11(13)15-14-9)10(16)7-4-2-1-3-5-7/h1-6,10,16H. The first-order valence-corrected chi connectivity index (χ1v) is 5.35. The summed E-state index contributed by atoms with van der Waals surface area (Å²) in [7, 11) is 0. The molecule has 0 fully saturated rings. The summed E-state index contributed by atoms with van der Waals surface area (Å²) in [6.07, 6.45) is -0.846. The third kappa shape index (κ3) is 2.32. The van der Waals surface area contributed by atoms with Gasteiger partial charge >= 0.3 is 0 Å². The quantitative estimate of drug-likeness (QED) is 0.897. The van der Waals surface area contributed by atoms with Gasteiger partial charge in [-0.1, -0.05) is 53.5 Å². The molecule has 0 aliphatic rings. The van der Waals surface area contributed by atoms with Gasteiger partial charge in [0.05, 0.1) is 0 Å². The van der Waals surface area contributed by atoms with Crippen LogP contribution < -0.4 is 0 Å². The lowest BCUT2D eigenvalue weighted by Gasteiger charge is -2.11. The fourth-order valence-corrected chi connectivity index (χ4v) is 1.72. The van der Waals surface area contributed by atoms with Crippen LogP contribution in [0.3, 0.4) is 0 Å². The van der Waals surface area contributed by atoms with Crippen molar-refractivity contribution in [2.75, 3.05) is 0 Å². The maximum Gasteiger partial charge on any atom is 0.157 e. The molecule has 82 valence electrons. The number of nitrogens with zero attached hydrogens (tertiary/aromatic N) is 2. The molecule has 0 aliphatic carbocycles. The minimum absolute atomic E-state index is 0.153. The Bertz CT molecular complexity index is 491. The molecule has 0 aliphatic heterocycles. The van der Waals surface area contributed by atoms with E-state index in [1.807, 2.05) is 18.2 Å². The number of aliphatic hydroxyl groups is 1. The van der Waals surface area contributed by atoms with Crippen LogP contribution in [0.5, 0.6) is 0 Å². The molecule has 1 unspecified atom stereocenters. The fourth-order valence-electron chi connectivity index (χ4n) is 1.37. The lowest BCUT2D eigenvalue weighted by Crippen LogP contribution is -2.02. The van der Waals surface area contributed by atoms with E-state index in [1.54, 1.807) is 12.1 Å². The Morgan fingerprint density at radius 2 is 1.75 bits per heavy atom. The smallest absolute Gasteiger partial charge is 0.157 e. The number of hydrogen-bond donors (Lipinski definition) is 1. The monoisotopic (exact) mass is 254 g/mol. The van der Waals surface area contributed by atoms with Crippen LogP contribution in [0.4, 0.5) is 0 Å². The van der Waals surface area contributed by atoms with Gasteiger partial charge < -0.3 is 5.11 Å². The first kappa shape index (κ1) is 11.3. The van der Waals surface area contributed by atoms with Crippen molar-refractivity contribution in [3.63, 3.8) is 0 Å². The highest BCUT2D eigenvalue weighted by atomic mass is 35.5. The minimum atomic E-state index is -0.846. The van der Waals surface area contributed by atoms with Gasteiger partial charge in [0.25, 0.3) is 0 Å². The van der Waals surface area contributed by atoms with Crippen LogP contribution in [0.25, 0.3) is 0 Å². The normalized spacial score (nSPS) is 12.4. The molecule has 0 saturated carbocycles. The van der Waals surface area contributed by atoms with Gasteiger partial charge in [-0.2, -0.15) is 0 Å². The summed E-state index contributed by atoms with van der Waals surface area (Å²) in [6.45, 7) is 0. The Kier molecular flexibility index (Phi) is 3.39. The predicted molar refractivity (Wildman–Crippen MR) is 62.6 cm³/mol. The Morgan fingerprint density at radius 1 is 1.06 bits per heavy atom. The molecule has 0 spiro atoms. The van der Waals surface area contributed by atoms with E-state index >= 15 is 0 Å². The lowest BCUT2D eigenvalue weighted by atomic mass is 10.0.